The molecule has 0 fully saturated rings. The topological polar surface area (TPSA) is 105 Å². The monoisotopic (exact) mass is 477 g/mol. The number of nitrogens with one attached hydrogen (secondary N) is 2. The molecule has 174 valence electrons. The van der Waals surface area contributed by atoms with Gasteiger partial charge >= 0.3 is 0 Å². The molecule has 0 bridgehead atoms. The zero-order valence-corrected chi connectivity index (χ0v) is 19.4. The number of benzene rings is 3. The number of anilines is 3. The van der Waals surface area contributed by atoms with E-state index in [1.807, 2.05) is 25.1 Å². The summed E-state index contributed by atoms with van der Waals surface area (Å²) < 4.78 is 33.9. The molecule has 0 saturated carbocycles. The van der Waals surface area contributed by atoms with Crippen LogP contribution in [0.15, 0.2) is 71.6 Å². The molecule has 0 aromatic heterocycles. The number of amides is 2. The summed E-state index contributed by atoms with van der Waals surface area (Å²) >= 11 is 0. The molecule has 0 radical (unpaired) electrons. The number of hydrogen-bond acceptors (Lipinski definition) is 5. The van der Waals surface area contributed by atoms with Crippen LogP contribution in [0.3, 0.4) is 0 Å². The van der Waals surface area contributed by atoms with Crippen LogP contribution in [-0.4, -0.2) is 32.4 Å². The summed E-state index contributed by atoms with van der Waals surface area (Å²) in [5, 5.41) is 5.49. The minimum Gasteiger partial charge on any atom is -0.479 e. The summed E-state index contributed by atoms with van der Waals surface area (Å²) in [6.07, 6.45) is 0.0374. The molecule has 34 heavy (non-hydrogen) atoms. The van der Waals surface area contributed by atoms with Gasteiger partial charge in [-0.1, -0.05) is 24.3 Å². The third-order valence-corrected chi connectivity index (χ3v) is 7.89. The van der Waals surface area contributed by atoms with Crippen LogP contribution in [0.2, 0.25) is 0 Å². The van der Waals surface area contributed by atoms with E-state index in [1.54, 1.807) is 43.3 Å². The van der Waals surface area contributed by atoms with Crippen LogP contribution in [0, 0.1) is 0 Å². The molecule has 0 aliphatic carbocycles. The maximum Gasteiger partial charge on any atom is 0.265 e. The molecule has 2 N–H and O–H groups in total. The van der Waals surface area contributed by atoms with E-state index in [2.05, 4.69) is 10.6 Å². The van der Waals surface area contributed by atoms with Gasteiger partial charge in [-0.15, -0.1) is 0 Å². The smallest absolute Gasteiger partial charge is 0.265 e. The number of carbonyl (C=O) groups excluding carboxylic acids is 2. The highest BCUT2D eigenvalue weighted by Crippen LogP contribution is 2.37. The number of hydrogen-bond donors (Lipinski definition) is 2. The van der Waals surface area contributed by atoms with Crippen LogP contribution < -0.4 is 19.7 Å². The Kier molecular flexibility index (Phi) is 5.28. The second-order valence-corrected chi connectivity index (χ2v) is 10.2. The Morgan fingerprint density at radius 1 is 1.06 bits per heavy atom. The molecule has 0 spiro atoms. The summed E-state index contributed by atoms with van der Waals surface area (Å²) in [5.41, 5.74) is 2.74. The van der Waals surface area contributed by atoms with Crippen molar-refractivity contribution in [2.75, 3.05) is 14.9 Å². The van der Waals surface area contributed by atoms with Crippen molar-refractivity contribution in [1.82, 2.24) is 0 Å². The fourth-order valence-electron chi connectivity index (χ4n) is 4.30. The lowest BCUT2D eigenvalue weighted by molar-refractivity contribution is -0.122. The van der Waals surface area contributed by atoms with Gasteiger partial charge in [-0.3, -0.25) is 13.9 Å². The zero-order chi connectivity index (χ0) is 24.0. The summed E-state index contributed by atoms with van der Waals surface area (Å²) in [6, 6.07) is 18.1. The number of ether oxygens (including phenoxy) is 1. The van der Waals surface area contributed by atoms with Gasteiger partial charge in [-0.05, 0) is 68.3 Å². The second kappa shape index (κ2) is 8.18. The van der Waals surface area contributed by atoms with Gasteiger partial charge in [0, 0.05) is 17.3 Å². The molecule has 3 aromatic carbocycles. The second-order valence-electron chi connectivity index (χ2n) is 8.42. The first-order chi connectivity index (χ1) is 16.2. The molecule has 2 amide bonds. The lowest BCUT2D eigenvalue weighted by atomic mass is 10.1. The van der Waals surface area contributed by atoms with Crippen LogP contribution >= 0.6 is 0 Å². The third-order valence-electron chi connectivity index (χ3n) is 5.97. The Morgan fingerprint density at radius 2 is 1.85 bits per heavy atom. The maximum atomic E-state index is 13.5. The average molecular weight is 478 g/mol. The molecule has 2 aliphatic heterocycles. The molecule has 0 saturated heterocycles. The first kappa shape index (κ1) is 22.0. The summed E-state index contributed by atoms with van der Waals surface area (Å²) in [7, 11) is -3.86. The predicted octanol–water partition coefficient (Wildman–Crippen LogP) is 3.80. The predicted molar refractivity (Wildman–Crippen MR) is 129 cm³/mol. The number of para-hydroxylation sites is 1. The lowest BCUT2D eigenvalue weighted by Gasteiger charge is -2.24. The van der Waals surface area contributed by atoms with Gasteiger partial charge in [0.1, 0.15) is 5.75 Å². The van der Waals surface area contributed by atoms with Crippen molar-refractivity contribution in [3.05, 3.63) is 77.9 Å². The Balaban J connectivity index is 1.40. The highest BCUT2D eigenvalue weighted by Gasteiger charge is 2.36. The largest absolute Gasteiger partial charge is 0.479 e. The summed E-state index contributed by atoms with van der Waals surface area (Å²) in [5.74, 6) is -0.229. The zero-order valence-electron chi connectivity index (χ0n) is 18.6. The molecule has 2 atom stereocenters. The normalized spacial score (nSPS) is 19.0. The van der Waals surface area contributed by atoms with Crippen LogP contribution in [0.5, 0.6) is 5.75 Å². The van der Waals surface area contributed by atoms with E-state index >= 15 is 0 Å². The molecule has 2 heterocycles. The summed E-state index contributed by atoms with van der Waals surface area (Å²) in [6.45, 7) is 3.52. The van der Waals surface area contributed by atoms with Gasteiger partial charge in [0.25, 0.3) is 21.8 Å². The molecular weight excluding hydrogens is 454 g/mol. The van der Waals surface area contributed by atoms with Crippen molar-refractivity contribution < 1.29 is 22.7 Å². The van der Waals surface area contributed by atoms with E-state index in [0.717, 1.165) is 5.56 Å². The molecule has 8 nitrogen and oxygen atoms in total. The highest BCUT2D eigenvalue weighted by molar-refractivity contribution is 7.92. The quantitative estimate of drug-likeness (QED) is 0.595. The van der Waals surface area contributed by atoms with E-state index in [-0.39, 0.29) is 22.4 Å². The fourth-order valence-corrected chi connectivity index (χ4v) is 6.04. The van der Waals surface area contributed by atoms with E-state index in [0.29, 0.717) is 29.2 Å². The number of fused-ring (bicyclic) bond motifs is 2. The number of nitrogens with zero attached hydrogens (tertiary/aromatic N) is 1. The maximum absolute atomic E-state index is 13.5. The SMILES string of the molecule is C[C@@H]1Oc2ccc(NC(=O)c3cccc(S(=O)(=O)N4c5ccccc5C[C@H]4C)c3)cc2NC1=O. The van der Waals surface area contributed by atoms with Crippen molar-refractivity contribution >= 4 is 38.9 Å². The van der Waals surface area contributed by atoms with E-state index in [4.69, 9.17) is 4.74 Å². The van der Waals surface area contributed by atoms with Gasteiger partial charge in [-0.2, -0.15) is 0 Å². The molecule has 0 unspecified atom stereocenters. The van der Waals surface area contributed by atoms with Crippen LogP contribution in [-0.2, 0) is 21.2 Å². The van der Waals surface area contributed by atoms with Crippen molar-refractivity contribution in [1.29, 1.82) is 0 Å². The van der Waals surface area contributed by atoms with E-state index in [1.165, 1.54) is 16.4 Å². The van der Waals surface area contributed by atoms with Gasteiger partial charge in [-0.25, -0.2) is 8.42 Å². The van der Waals surface area contributed by atoms with Crippen LogP contribution in [0.4, 0.5) is 17.1 Å². The molecule has 9 heteroatoms. The molecule has 2 aliphatic rings. The average Bonchev–Trinajstić information content (AvgIpc) is 3.16. The minimum atomic E-state index is -3.86. The Labute approximate surface area is 197 Å². The van der Waals surface area contributed by atoms with E-state index < -0.39 is 22.0 Å². The standard InChI is InChI=1S/C25H23N3O5S/c1-15-12-17-6-3-4-9-22(17)28(15)34(31,32)20-8-5-7-18(13-20)25(30)26-19-10-11-23-21(14-19)27-24(29)16(2)33-23/h3-11,13-16H,12H2,1-2H3,(H,26,30)(H,27,29)/t15-,16+/m1/s1. The molecule has 5 rings (SSSR count). The first-order valence-electron chi connectivity index (χ1n) is 10.9. The van der Waals surface area contributed by atoms with Crippen LogP contribution in [0.1, 0.15) is 29.8 Å². The molecule has 3 aromatic rings. The number of carbonyl (C=O) groups is 2. The first-order valence-corrected chi connectivity index (χ1v) is 12.3. The van der Waals surface area contributed by atoms with Gasteiger partial charge in [0.15, 0.2) is 6.10 Å². The lowest BCUT2D eigenvalue weighted by Crippen LogP contribution is -2.35. The highest BCUT2D eigenvalue weighted by atomic mass is 32.2. The molecular formula is C25H23N3O5S. The van der Waals surface area contributed by atoms with E-state index in [9.17, 15) is 18.0 Å². The Morgan fingerprint density at radius 3 is 2.68 bits per heavy atom. The van der Waals surface area contributed by atoms with Crippen molar-refractivity contribution in [2.24, 2.45) is 0 Å². The number of sulfonamides is 1. The fraction of sp³-hybridized carbons (Fsp3) is 0.200. The van der Waals surface area contributed by atoms with Crippen molar-refractivity contribution in [2.45, 2.75) is 37.3 Å². The van der Waals surface area contributed by atoms with Gasteiger partial charge in [0.05, 0.1) is 16.3 Å². The number of rotatable bonds is 4. The summed E-state index contributed by atoms with van der Waals surface area (Å²) in [4.78, 5) is 24.8. The minimum absolute atomic E-state index is 0.0452. The van der Waals surface area contributed by atoms with Crippen molar-refractivity contribution in [3.8, 4) is 5.75 Å². The van der Waals surface area contributed by atoms with Gasteiger partial charge in [0.2, 0.25) is 0 Å². The third kappa shape index (κ3) is 3.77. The Hall–Kier alpha value is -3.85. The Bertz CT molecular complexity index is 1420. The van der Waals surface area contributed by atoms with Crippen molar-refractivity contribution in [3.63, 3.8) is 0 Å². The van der Waals surface area contributed by atoms with Gasteiger partial charge < -0.3 is 15.4 Å². The van der Waals surface area contributed by atoms with Crippen LogP contribution in [0.25, 0.3) is 0 Å².